The number of carbonyl (C=O) groups excluding carboxylic acids is 1. The molecule has 2 aromatic rings. The first-order chi connectivity index (χ1) is 14.9. The van der Waals surface area contributed by atoms with E-state index >= 15 is 0 Å². The molecule has 3 N–H and O–H groups in total. The van der Waals surface area contributed by atoms with Crippen LogP contribution in [0.5, 0.6) is 5.88 Å². The summed E-state index contributed by atoms with van der Waals surface area (Å²) in [6.45, 7) is 5.54. The number of hydrogen-bond acceptors (Lipinski definition) is 6. The molecule has 0 radical (unpaired) electrons. The van der Waals surface area contributed by atoms with Crippen LogP contribution >= 0.6 is 0 Å². The Hall–Kier alpha value is -2.67. The number of ether oxygens (including phenoxy) is 1. The number of pyridine rings is 2. The van der Waals surface area contributed by atoms with Gasteiger partial charge in [0, 0.05) is 54.4 Å². The SMILES string of the molecule is COc1cc(-c2c(C)ncc(C(=O)NC3CCCCC3)c2N2CC[C@](C)(N)C2)ccn1. The second-order valence-corrected chi connectivity index (χ2v) is 9.20. The first-order valence-electron chi connectivity index (χ1n) is 11.2. The molecule has 1 aliphatic carbocycles. The number of methoxy groups -OCH3 is 1. The molecule has 0 bridgehead atoms. The van der Waals surface area contributed by atoms with Gasteiger partial charge in [0.05, 0.1) is 18.4 Å². The van der Waals surface area contributed by atoms with E-state index in [1.807, 2.05) is 19.1 Å². The largest absolute Gasteiger partial charge is 0.481 e. The highest BCUT2D eigenvalue weighted by atomic mass is 16.5. The van der Waals surface area contributed by atoms with Gasteiger partial charge in [0.1, 0.15) is 0 Å². The summed E-state index contributed by atoms with van der Waals surface area (Å²) in [5.41, 5.74) is 10.4. The Kier molecular flexibility index (Phi) is 6.14. The Bertz CT molecular complexity index is 953. The molecule has 7 nitrogen and oxygen atoms in total. The minimum atomic E-state index is -0.290. The third-order valence-electron chi connectivity index (χ3n) is 6.48. The lowest BCUT2D eigenvalue weighted by Gasteiger charge is -2.28. The zero-order valence-electron chi connectivity index (χ0n) is 18.8. The van der Waals surface area contributed by atoms with Crippen LogP contribution in [0.2, 0.25) is 0 Å². The van der Waals surface area contributed by atoms with Gasteiger partial charge < -0.3 is 20.7 Å². The molecular weight excluding hydrogens is 390 g/mol. The Labute approximate surface area is 184 Å². The van der Waals surface area contributed by atoms with Gasteiger partial charge in [0.2, 0.25) is 5.88 Å². The first-order valence-corrected chi connectivity index (χ1v) is 11.2. The van der Waals surface area contributed by atoms with Crippen molar-refractivity contribution < 1.29 is 9.53 Å². The number of aromatic nitrogens is 2. The molecule has 4 rings (SSSR count). The minimum Gasteiger partial charge on any atom is -0.481 e. The van der Waals surface area contributed by atoms with Gasteiger partial charge in [-0.25, -0.2) is 4.98 Å². The van der Waals surface area contributed by atoms with Gasteiger partial charge in [0.25, 0.3) is 5.91 Å². The van der Waals surface area contributed by atoms with Crippen molar-refractivity contribution in [1.29, 1.82) is 0 Å². The van der Waals surface area contributed by atoms with Crippen molar-refractivity contribution in [2.24, 2.45) is 5.73 Å². The number of rotatable bonds is 5. The minimum absolute atomic E-state index is 0.0534. The third-order valence-corrected chi connectivity index (χ3v) is 6.48. The predicted molar refractivity (Wildman–Crippen MR) is 123 cm³/mol. The number of nitrogens with two attached hydrogens (primary N) is 1. The summed E-state index contributed by atoms with van der Waals surface area (Å²) in [6, 6.07) is 4.07. The molecule has 2 aliphatic rings. The van der Waals surface area contributed by atoms with Crippen molar-refractivity contribution in [2.45, 2.75) is 64.0 Å². The lowest BCUT2D eigenvalue weighted by molar-refractivity contribution is 0.0928. The van der Waals surface area contributed by atoms with Crippen LogP contribution in [0.4, 0.5) is 5.69 Å². The maximum Gasteiger partial charge on any atom is 0.255 e. The van der Waals surface area contributed by atoms with Crippen LogP contribution < -0.4 is 20.7 Å². The van der Waals surface area contributed by atoms with E-state index in [-0.39, 0.29) is 17.5 Å². The molecule has 31 heavy (non-hydrogen) atoms. The molecule has 1 amide bonds. The fraction of sp³-hybridized carbons (Fsp3) is 0.542. The highest BCUT2D eigenvalue weighted by molar-refractivity contribution is 6.04. The Morgan fingerprint density at radius 2 is 2.06 bits per heavy atom. The molecule has 166 valence electrons. The maximum atomic E-state index is 13.4. The van der Waals surface area contributed by atoms with Gasteiger partial charge in [-0.3, -0.25) is 9.78 Å². The number of nitrogens with zero attached hydrogens (tertiary/aromatic N) is 3. The number of anilines is 1. The van der Waals surface area contributed by atoms with Gasteiger partial charge in [-0.15, -0.1) is 0 Å². The van der Waals surface area contributed by atoms with Crippen molar-refractivity contribution in [2.75, 3.05) is 25.1 Å². The number of carbonyl (C=O) groups is 1. The molecule has 0 unspecified atom stereocenters. The van der Waals surface area contributed by atoms with Gasteiger partial charge in [-0.2, -0.15) is 0 Å². The average Bonchev–Trinajstić information content (AvgIpc) is 3.13. The van der Waals surface area contributed by atoms with Gasteiger partial charge in [-0.05, 0) is 44.7 Å². The van der Waals surface area contributed by atoms with E-state index in [0.29, 0.717) is 18.0 Å². The van der Waals surface area contributed by atoms with Crippen LogP contribution in [0.3, 0.4) is 0 Å². The highest BCUT2D eigenvalue weighted by Crippen LogP contribution is 2.39. The van der Waals surface area contributed by atoms with E-state index < -0.39 is 0 Å². The van der Waals surface area contributed by atoms with E-state index in [0.717, 1.165) is 48.3 Å². The summed E-state index contributed by atoms with van der Waals surface area (Å²) in [5, 5.41) is 3.27. The zero-order chi connectivity index (χ0) is 22.0. The molecule has 3 heterocycles. The molecule has 7 heteroatoms. The van der Waals surface area contributed by atoms with Crippen molar-refractivity contribution in [3.05, 3.63) is 35.8 Å². The van der Waals surface area contributed by atoms with Crippen molar-refractivity contribution in [1.82, 2.24) is 15.3 Å². The monoisotopic (exact) mass is 423 g/mol. The number of amides is 1. The summed E-state index contributed by atoms with van der Waals surface area (Å²) in [7, 11) is 1.60. The lowest BCUT2D eigenvalue weighted by Crippen LogP contribution is -2.40. The fourth-order valence-corrected chi connectivity index (χ4v) is 4.80. The molecule has 0 aromatic carbocycles. The molecule has 2 fully saturated rings. The Balaban J connectivity index is 1.79. The van der Waals surface area contributed by atoms with E-state index in [1.54, 1.807) is 19.5 Å². The Morgan fingerprint density at radius 1 is 1.29 bits per heavy atom. The van der Waals surface area contributed by atoms with Crippen LogP contribution in [0.25, 0.3) is 11.1 Å². The number of nitrogens with one attached hydrogen (secondary N) is 1. The number of hydrogen-bond donors (Lipinski definition) is 2. The molecule has 1 atom stereocenters. The second-order valence-electron chi connectivity index (χ2n) is 9.20. The average molecular weight is 424 g/mol. The molecular formula is C24H33N5O2. The van der Waals surface area contributed by atoms with Crippen LogP contribution in [-0.4, -0.2) is 47.7 Å². The molecule has 2 aromatic heterocycles. The quantitative estimate of drug-likeness (QED) is 0.765. The summed E-state index contributed by atoms with van der Waals surface area (Å²) in [4.78, 5) is 24.5. The molecule has 1 saturated heterocycles. The van der Waals surface area contributed by atoms with Crippen LogP contribution in [0.1, 0.15) is 61.5 Å². The van der Waals surface area contributed by atoms with Gasteiger partial charge >= 0.3 is 0 Å². The normalized spacial score (nSPS) is 21.9. The van der Waals surface area contributed by atoms with Crippen LogP contribution in [-0.2, 0) is 0 Å². The van der Waals surface area contributed by atoms with Gasteiger partial charge in [0.15, 0.2) is 0 Å². The summed E-state index contributed by atoms with van der Waals surface area (Å²) >= 11 is 0. The Morgan fingerprint density at radius 3 is 2.74 bits per heavy atom. The standard InChI is InChI=1S/C24H33N5O2/c1-16-21(17-9-11-26-20(13-17)31-3)22(29-12-10-24(2,25)15-29)19(14-27-16)23(30)28-18-7-5-4-6-8-18/h9,11,13-14,18H,4-8,10,12,15,25H2,1-3H3,(H,28,30)/t24-/m0/s1. The van der Waals surface area contributed by atoms with Crippen molar-refractivity contribution >= 4 is 11.6 Å². The molecule has 1 saturated carbocycles. The second kappa shape index (κ2) is 8.83. The predicted octanol–water partition coefficient (Wildman–Crippen LogP) is 3.45. The third kappa shape index (κ3) is 4.66. The maximum absolute atomic E-state index is 13.4. The van der Waals surface area contributed by atoms with Crippen molar-refractivity contribution in [3.8, 4) is 17.0 Å². The highest BCUT2D eigenvalue weighted by Gasteiger charge is 2.34. The van der Waals surface area contributed by atoms with E-state index in [4.69, 9.17) is 10.5 Å². The molecule has 0 spiro atoms. The van der Waals surface area contributed by atoms with Crippen LogP contribution in [0, 0.1) is 6.92 Å². The zero-order valence-corrected chi connectivity index (χ0v) is 18.8. The van der Waals surface area contributed by atoms with E-state index in [9.17, 15) is 4.79 Å². The lowest BCUT2D eigenvalue weighted by atomic mass is 9.94. The number of aryl methyl sites for hydroxylation is 1. The van der Waals surface area contributed by atoms with E-state index in [2.05, 4.69) is 27.1 Å². The van der Waals surface area contributed by atoms with Gasteiger partial charge in [-0.1, -0.05) is 19.3 Å². The van der Waals surface area contributed by atoms with Crippen LogP contribution in [0.15, 0.2) is 24.5 Å². The topological polar surface area (TPSA) is 93.4 Å². The summed E-state index contributed by atoms with van der Waals surface area (Å²) in [5.74, 6) is 0.479. The summed E-state index contributed by atoms with van der Waals surface area (Å²) < 4.78 is 5.35. The fourth-order valence-electron chi connectivity index (χ4n) is 4.80. The molecule has 1 aliphatic heterocycles. The summed E-state index contributed by atoms with van der Waals surface area (Å²) in [6.07, 6.45) is 9.99. The first kappa shape index (κ1) is 21.6. The van der Waals surface area contributed by atoms with E-state index in [1.165, 1.54) is 19.3 Å². The van der Waals surface area contributed by atoms with Crippen molar-refractivity contribution in [3.63, 3.8) is 0 Å². The smallest absolute Gasteiger partial charge is 0.255 e.